The van der Waals surface area contributed by atoms with Crippen molar-refractivity contribution >= 4 is 63.3 Å². The van der Waals surface area contributed by atoms with Gasteiger partial charge in [-0.25, -0.2) is 9.97 Å². The zero-order valence-corrected chi connectivity index (χ0v) is 27.6. The Balaban J connectivity index is 1.69. The quantitative estimate of drug-likeness (QED) is 0.171. The lowest BCUT2D eigenvalue weighted by molar-refractivity contribution is -0.137. The normalized spacial score (nSPS) is 15.9. The van der Waals surface area contributed by atoms with Crippen molar-refractivity contribution in [1.29, 1.82) is 0 Å². The van der Waals surface area contributed by atoms with Gasteiger partial charge in [-0.1, -0.05) is 25.4 Å². The Kier molecular flexibility index (Phi) is 11.1. The standard InChI is InChI=1S/C32H41ClN8O5/c1-17(34-5)29(43)40-27(31(45)41-30(44)23-8-7-11-35-23)32(3,4)15-19-12-21-24(14-26(19)46-6)36-16-37-28(21)39-25-13-20(38-18(2)42)9-10-22(25)33/h9-10,12-14,16-17,23,27,34-35H,7-8,11,15H2,1-6H3,(H,38,42)(H,40,43)(H,36,37,39)(H,41,44,45)/t17-,23-,27+/m0/s1. The maximum atomic E-state index is 13.6. The first-order chi connectivity index (χ1) is 21.8. The van der Waals surface area contributed by atoms with Gasteiger partial charge in [0.1, 0.15) is 23.9 Å². The molecule has 14 heteroatoms. The summed E-state index contributed by atoms with van der Waals surface area (Å²) < 4.78 is 5.74. The molecule has 3 atom stereocenters. The number of imide groups is 1. The molecule has 4 amide bonds. The number of benzene rings is 2. The third-order valence-electron chi connectivity index (χ3n) is 8.00. The number of nitrogens with zero attached hydrogens (tertiary/aromatic N) is 2. The first kappa shape index (κ1) is 34.5. The molecule has 0 saturated carbocycles. The van der Waals surface area contributed by atoms with Crippen LogP contribution in [0.15, 0.2) is 36.7 Å². The maximum absolute atomic E-state index is 13.6. The van der Waals surface area contributed by atoms with E-state index in [0.29, 0.717) is 57.4 Å². The molecule has 6 N–H and O–H groups in total. The lowest BCUT2D eigenvalue weighted by Gasteiger charge is -2.35. The predicted molar refractivity (Wildman–Crippen MR) is 177 cm³/mol. The van der Waals surface area contributed by atoms with E-state index >= 15 is 0 Å². The monoisotopic (exact) mass is 652 g/mol. The van der Waals surface area contributed by atoms with E-state index in [-0.39, 0.29) is 18.2 Å². The minimum Gasteiger partial charge on any atom is -0.496 e. The molecule has 3 aromatic rings. The van der Waals surface area contributed by atoms with E-state index in [1.807, 2.05) is 19.9 Å². The number of hydrogen-bond donors (Lipinski definition) is 6. The summed E-state index contributed by atoms with van der Waals surface area (Å²) >= 11 is 6.47. The number of methoxy groups -OCH3 is 1. The largest absolute Gasteiger partial charge is 0.496 e. The molecule has 0 aliphatic carbocycles. The average Bonchev–Trinajstić information content (AvgIpc) is 3.56. The minimum atomic E-state index is -1.07. The average molecular weight is 653 g/mol. The van der Waals surface area contributed by atoms with Gasteiger partial charge in [0.15, 0.2) is 0 Å². The van der Waals surface area contributed by atoms with Crippen LogP contribution < -0.4 is 36.6 Å². The summed E-state index contributed by atoms with van der Waals surface area (Å²) in [7, 11) is 3.19. The van der Waals surface area contributed by atoms with E-state index in [1.54, 1.807) is 45.3 Å². The molecule has 1 aromatic heterocycles. The summed E-state index contributed by atoms with van der Waals surface area (Å²) in [6, 6.07) is 6.59. The van der Waals surface area contributed by atoms with Gasteiger partial charge in [0, 0.05) is 24.1 Å². The molecule has 1 aliphatic heterocycles. The van der Waals surface area contributed by atoms with Crippen LogP contribution in [0.2, 0.25) is 5.02 Å². The first-order valence-electron chi connectivity index (χ1n) is 15.0. The molecule has 1 fully saturated rings. The summed E-state index contributed by atoms with van der Waals surface area (Å²) in [5.41, 5.74) is 1.48. The molecule has 13 nitrogen and oxygen atoms in total. The van der Waals surface area contributed by atoms with Gasteiger partial charge in [0.2, 0.25) is 23.6 Å². The van der Waals surface area contributed by atoms with Crippen molar-refractivity contribution in [3.8, 4) is 5.75 Å². The van der Waals surface area contributed by atoms with Crippen molar-refractivity contribution in [2.45, 2.75) is 65.1 Å². The number of halogens is 1. The maximum Gasteiger partial charge on any atom is 0.249 e. The second-order valence-corrected chi connectivity index (χ2v) is 12.4. The van der Waals surface area contributed by atoms with Crippen LogP contribution in [0.1, 0.15) is 46.1 Å². The van der Waals surface area contributed by atoms with Gasteiger partial charge in [-0.2, -0.15) is 0 Å². The SMILES string of the molecule is CN[C@@H](C)C(=O)N[C@H](C(=O)NC(=O)[C@@H]1CCCN1)C(C)(C)Cc1cc2c(Nc3cc(NC(C)=O)ccc3Cl)ncnc2cc1OC. The molecule has 46 heavy (non-hydrogen) atoms. The Morgan fingerprint density at radius 3 is 2.54 bits per heavy atom. The Morgan fingerprint density at radius 2 is 1.89 bits per heavy atom. The summed E-state index contributed by atoms with van der Waals surface area (Å²) in [6.45, 7) is 7.49. The fourth-order valence-electron chi connectivity index (χ4n) is 5.38. The third kappa shape index (κ3) is 8.27. The van der Waals surface area contributed by atoms with Crippen molar-refractivity contribution < 1.29 is 23.9 Å². The number of aromatic nitrogens is 2. The molecule has 2 aromatic carbocycles. The number of hydrogen-bond acceptors (Lipinski definition) is 10. The molecule has 4 rings (SSSR count). The van der Waals surface area contributed by atoms with Gasteiger partial charge in [-0.05, 0) is 75.0 Å². The van der Waals surface area contributed by atoms with Gasteiger partial charge in [-0.3, -0.25) is 24.5 Å². The molecule has 0 unspecified atom stereocenters. The van der Waals surface area contributed by atoms with Gasteiger partial charge in [0.05, 0.1) is 35.4 Å². The van der Waals surface area contributed by atoms with E-state index < -0.39 is 35.4 Å². The molecular formula is C32H41ClN8O5. The van der Waals surface area contributed by atoms with Gasteiger partial charge in [-0.15, -0.1) is 0 Å². The Bertz CT molecular complexity index is 1630. The van der Waals surface area contributed by atoms with E-state index in [1.165, 1.54) is 13.3 Å². The van der Waals surface area contributed by atoms with Crippen molar-refractivity contribution in [1.82, 2.24) is 31.2 Å². The second kappa shape index (κ2) is 14.8. The number of ether oxygens (including phenoxy) is 1. The van der Waals surface area contributed by atoms with Crippen LogP contribution in [-0.2, 0) is 25.6 Å². The summed E-state index contributed by atoms with van der Waals surface area (Å²) in [5.74, 6) is -0.643. The van der Waals surface area contributed by atoms with Crippen LogP contribution in [-0.4, -0.2) is 72.4 Å². The summed E-state index contributed by atoms with van der Waals surface area (Å²) in [5, 5.41) is 18.4. The molecule has 1 aliphatic rings. The zero-order chi connectivity index (χ0) is 33.6. The number of likely N-dealkylation sites (N-methyl/N-ethyl adjacent to an activating group) is 1. The second-order valence-electron chi connectivity index (χ2n) is 12.0. The topological polar surface area (TPSA) is 175 Å². The van der Waals surface area contributed by atoms with Crippen molar-refractivity contribution in [2.75, 3.05) is 31.3 Å². The number of anilines is 3. The smallest absolute Gasteiger partial charge is 0.249 e. The first-order valence-corrected chi connectivity index (χ1v) is 15.4. The molecule has 0 bridgehead atoms. The summed E-state index contributed by atoms with van der Waals surface area (Å²) in [6.07, 6.45) is 3.15. The molecule has 0 radical (unpaired) electrons. The van der Waals surface area contributed by atoms with Gasteiger partial charge < -0.3 is 31.3 Å². The molecule has 2 heterocycles. The van der Waals surface area contributed by atoms with Crippen LogP contribution in [0.25, 0.3) is 10.9 Å². The van der Waals surface area contributed by atoms with E-state index in [9.17, 15) is 19.2 Å². The minimum absolute atomic E-state index is 0.219. The lowest BCUT2D eigenvalue weighted by atomic mass is 9.77. The molecule has 0 spiro atoms. The zero-order valence-electron chi connectivity index (χ0n) is 26.8. The highest BCUT2D eigenvalue weighted by molar-refractivity contribution is 6.33. The molecule has 246 valence electrons. The van der Waals surface area contributed by atoms with Crippen LogP contribution in [0, 0.1) is 5.41 Å². The van der Waals surface area contributed by atoms with Crippen LogP contribution >= 0.6 is 11.6 Å². The van der Waals surface area contributed by atoms with E-state index in [4.69, 9.17) is 16.3 Å². The van der Waals surface area contributed by atoms with Crippen molar-refractivity contribution in [3.63, 3.8) is 0 Å². The number of nitrogens with one attached hydrogen (secondary N) is 6. The summed E-state index contributed by atoms with van der Waals surface area (Å²) in [4.78, 5) is 60.0. The number of amides is 4. The number of fused-ring (bicyclic) bond motifs is 1. The lowest BCUT2D eigenvalue weighted by Crippen LogP contribution is -2.59. The highest BCUT2D eigenvalue weighted by Crippen LogP contribution is 2.36. The fraction of sp³-hybridized carbons (Fsp3) is 0.438. The highest BCUT2D eigenvalue weighted by atomic mass is 35.5. The van der Waals surface area contributed by atoms with Crippen LogP contribution in [0.4, 0.5) is 17.2 Å². The molecule has 1 saturated heterocycles. The van der Waals surface area contributed by atoms with Crippen molar-refractivity contribution in [3.05, 3.63) is 47.2 Å². The number of carbonyl (C=O) groups excluding carboxylic acids is 4. The Hall–Kier alpha value is -4.33. The fourth-order valence-corrected chi connectivity index (χ4v) is 5.55. The van der Waals surface area contributed by atoms with E-state index in [0.717, 1.165) is 6.42 Å². The van der Waals surface area contributed by atoms with E-state index in [2.05, 4.69) is 41.9 Å². The highest BCUT2D eigenvalue weighted by Gasteiger charge is 2.39. The van der Waals surface area contributed by atoms with Crippen LogP contribution in [0.5, 0.6) is 5.75 Å². The van der Waals surface area contributed by atoms with Gasteiger partial charge >= 0.3 is 0 Å². The third-order valence-corrected chi connectivity index (χ3v) is 8.33. The molecular weight excluding hydrogens is 612 g/mol. The number of rotatable bonds is 12. The predicted octanol–water partition coefficient (Wildman–Crippen LogP) is 3.05. The van der Waals surface area contributed by atoms with Crippen LogP contribution in [0.3, 0.4) is 0 Å². The Labute approximate surface area is 273 Å². The van der Waals surface area contributed by atoms with Crippen molar-refractivity contribution in [2.24, 2.45) is 5.41 Å². The Morgan fingerprint density at radius 1 is 1.13 bits per heavy atom. The van der Waals surface area contributed by atoms with Gasteiger partial charge in [0.25, 0.3) is 0 Å². The number of carbonyl (C=O) groups is 4.